The summed E-state index contributed by atoms with van der Waals surface area (Å²) in [6.07, 6.45) is 2.52. The van der Waals surface area contributed by atoms with Crippen LogP contribution in [0.25, 0.3) is 22.5 Å². The largest absolute Gasteiger partial charge is 0.444 e. The van der Waals surface area contributed by atoms with Crippen molar-refractivity contribution in [3.63, 3.8) is 0 Å². The van der Waals surface area contributed by atoms with Crippen molar-refractivity contribution in [2.75, 3.05) is 31.6 Å². The van der Waals surface area contributed by atoms with Crippen molar-refractivity contribution in [3.8, 4) is 22.5 Å². The van der Waals surface area contributed by atoms with Crippen LogP contribution in [0, 0.1) is 5.82 Å². The number of amides is 2. The average Bonchev–Trinajstić information content (AvgIpc) is 3.22. The number of ether oxygens (including phenoxy) is 2. The lowest BCUT2D eigenvalue weighted by Gasteiger charge is -2.27. The number of nitrogens with one attached hydrogen (secondary N) is 1. The number of morpholine rings is 1. The minimum absolute atomic E-state index is 0.0567. The number of nitrogens with zero attached hydrogens (tertiary/aromatic N) is 4. The van der Waals surface area contributed by atoms with Gasteiger partial charge in [0.05, 0.1) is 30.9 Å². The Hall–Kier alpha value is -3.79. The predicted molar refractivity (Wildman–Crippen MR) is 128 cm³/mol. The average molecular weight is 482 g/mol. The number of imidazole rings is 1. The summed E-state index contributed by atoms with van der Waals surface area (Å²) in [5.41, 5.74) is 1.94. The normalized spacial score (nSPS) is 14.0. The van der Waals surface area contributed by atoms with E-state index in [0.29, 0.717) is 48.8 Å². The second-order valence-corrected chi connectivity index (χ2v) is 9.13. The topological polar surface area (TPSA) is 98.6 Å². The molecule has 2 amide bonds. The summed E-state index contributed by atoms with van der Waals surface area (Å²) in [4.78, 5) is 35.7. The van der Waals surface area contributed by atoms with E-state index < -0.39 is 11.7 Å². The molecule has 10 heteroatoms. The Labute approximate surface area is 202 Å². The number of carbonyl (C=O) groups is 2. The molecule has 0 bridgehead atoms. The van der Waals surface area contributed by atoms with Crippen LogP contribution in [-0.4, -0.2) is 63.3 Å². The van der Waals surface area contributed by atoms with Crippen LogP contribution in [0.15, 0.2) is 48.9 Å². The van der Waals surface area contributed by atoms with Crippen LogP contribution in [-0.2, 0) is 20.8 Å². The van der Waals surface area contributed by atoms with E-state index in [1.807, 2.05) is 0 Å². The molecule has 4 rings (SSSR count). The van der Waals surface area contributed by atoms with E-state index in [0.717, 1.165) is 0 Å². The van der Waals surface area contributed by atoms with Gasteiger partial charge in [0.25, 0.3) is 0 Å². The van der Waals surface area contributed by atoms with E-state index in [2.05, 4.69) is 15.3 Å². The zero-order valence-electron chi connectivity index (χ0n) is 20.0. The van der Waals surface area contributed by atoms with Crippen LogP contribution in [0.5, 0.6) is 0 Å². The highest BCUT2D eigenvalue weighted by atomic mass is 19.1. The summed E-state index contributed by atoms with van der Waals surface area (Å²) in [5.74, 6) is -0.127. The van der Waals surface area contributed by atoms with Crippen LogP contribution >= 0.6 is 0 Å². The Balaban J connectivity index is 1.68. The fraction of sp³-hybridized carbons (Fsp3) is 0.360. The van der Waals surface area contributed by atoms with Crippen LogP contribution in [0.2, 0.25) is 0 Å². The van der Waals surface area contributed by atoms with Gasteiger partial charge in [0.2, 0.25) is 5.91 Å². The fourth-order valence-electron chi connectivity index (χ4n) is 3.74. The minimum Gasteiger partial charge on any atom is -0.444 e. The van der Waals surface area contributed by atoms with Crippen molar-refractivity contribution in [2.24, 2.45) is 0 Å². The van der Waals surface area contributed by atoms with Gasteiger partial charge in [-0.15, -0.1) is 0 Å². The Bertz CT molecular complexity index is 1200. The van der Waals surface area contributed by atoms with Gasteiger partial charge < -0.3 is 18.9 Å². The zero-order valence-corrected chi connectivity index (χ0v) is 20.0. The molecule has 0 saturated carbocycles. The van der Waals surface area contributed by atoms with Gasteiger partial charge in [-0.1, -0.05) is 0 Å². The molecule has 9 nitrogen and oxygen atoms in total. The van der Waals surface area contributed by atoms with Gasteiger partial charge in [0.15, 0.2) is 0 Å². The summed E-state index contributed by atoms with van der Waals surface area (Å²) in [6.45, 7) is 7.47. The third-order valence-electron chi connectivity index (χ3n) is 5.29. The Morgan fingerprint density at radius 3 is 2.49 bits per heavy atom. The SMILES string of the molecule is CC(C)(C)OC(=O)Nc1cc(-c2c(-c3ccc(F)cc3)ncn2CC(=O)N2CCOCC2)ccn1. The second kappa shape index (κ2) is 10.2. The number of anilines is 1. The number of halogens is 1. The van der Waals surface area contributed by atoms with E-state index in [1.165, 1.54) is 12.1 Å². The molecule has 1 aliphatic rings. The van der Waals surface area contributed by atoms with Gasteiger partial charge in [-0.05, 0) is 57.2 Å². The van der Waals surface area contributed by atoms with E-state index in [-0.39, 0.29) is 24.1 Å². The number of hydrogen-bond acceptors (Lipinski definition) is 6. The number of carbonyl (C=O) groups excluding carboxylic acids is 2. The molecular formula is C25H28FN5O4. The molecule has 3 heterocycles. The molecule has 1 N–H and O–H groups in total. The lowest BCUT2D eigenvalue weighted by atomic mass is 10.1. The lowest BCUT2D eigenvalue weighted by molar-refractivity contribution is -0.135. The first-order valence-corrected chi connectivity index (χ1v) is 11.3. The van der Waals surface area contributed by atoms with Gasteiger partial charge in [-0.2, -0.15) is 0 Å². The molecule has 0 radical (unpaired) electrons. The summed E-state index contributed by atoms with van der Waals surface area (Å²) in [6, 6.07) is 9.44. The first kappa shape index (κ1) is 24.3. The molecule has 1 aliphatic heterocycles. The maximum Gasteiger partial charge on any atom is 0.413 e. The molecule has 35 heavy (non-hydrogen) atoms. The van der Waals surface area contributed by atoms with E-state index in [1.54, 1.807) is 67.0 Å². The zero-order chi connectivity index (χ0) is 25.0. The standard InChI is InChI=1S/C25H28FN5O4/c1-25(2,3)35-24(33)29-20-14-18(8-9-27-20)23-22(17-4-6-19(26)7-5-17)28-16-31(23)15-21(32)30-10-12-34-13-11-30/h4-9,14,16H,10-13,15H2,1-3H3,(H,27,29,33). The highest BCUT2D eigenvalue weighted by Crippen LogP contribution is 2.32. The van der Waals surface area contributed by atoms with Gasteiger partial charge in [-0.25, -0.2) is 19.2 Å². The van der Waals surface area contributed by atoms with Crippen LogP contribution in [0.1, 0.15) is 20.8 Å². The minimum atomic E-state index is -0.657. The highest BCUT2D eigenvalue weighted by molar-refractivity contribution is 5.86. The number of pyridine rings is 1. The molecule has 0 aliphatic carbocycles. The molecule has 2 aromatic heterocycles. The quantitative estimate of drug-likeness (QED) is 0.592. The third kappa shape index (κ3) is 6.21. The monoisotopic (exact) mass is 481 g/mol. The number of hydrogen-bond donors (Lipinski definition) is 1. The van der Waals surface area contributed by atoms with E-state index in [9.17, 15) is 14.0 Å². The van der Waals surface area contributed by atoms with Gasteiger partial charge in [0.1, 0.15) is 23.8 Å². The molecule has 0 unspecified atom stereocenters. The highest BCUT2D eigenvalue weighted by Gasteiger charge is 2.22. The molecule has 1 fully saturated rings. The van der Waals surface area contributed by atoms with Crippen molar-refractivity contribution >= 4 is 17.8 Å². The van der Waals surface area contributed by atoms with Crippen LogP contribution in [0.4, 0.5) is 15.0 Å². The third-order valence-corrected chi connectivity index (χ3v) is 5.29. The van der Waals surface area contributed by atoms with Gasteiger partial charge in [-0.3, -0.25) is 10.1 Å². The summed E-state index contributed by atoms with van der Waals surface area (Å²) in [5, 5.41) is 2.64. The van der Waals surface area contributed by atoms with Crippen molar-refractivity contribution in [1.82, 2.24) is 19.4 Å². The maximum absolute atomic E-state index is 13.6. The van der Waals surface area contributed by atoms with Crippen molar-refractivity contribution < 1.29 is 23.5 Å². The van der Waals surface area contributed by atoms with E-state index >= 15 is 0 Å². The second-order valence-electron chi connectivity index (χ2n) is 9.13. The number of rotatable bonds is 5. The molecule has 184 valence electrons. The molecular weight excluding hydrogens is 453 g/mol. The summed E-state index contributed by atoms with van der Waals surface area (Å²) in [7, 11) is 0. The van der Waals surface area contributed by atoms with Crippen molar-refractivity contribution in [3.05, 3.63) is 54.7 Å². The summed E-state index contributed by atoms with van der Waals surface area (Å²) >= 11 is 0. The Morgan fingerprint density at radius 1 is 1.09 bits per heavy atom. The maximum atomic E-state index is 13.6. The first-order valence-electron chi connectivity index (χ1n) is 11.3. The molecule has 1 aromatic carbocycles. The molecule has 1 saturated heterocycles. The Morgan fingerprint density at radius 2 is 1.80 bits per heavy atom. The molecule has 0 atom stereocenters. The first-order chi connectivity index (χ1) is 16.7. The fourth-order valence-corrected chi connectivity index (χ4v) is 3.74. The van der Waals surface area contributed by atoms with E-state index in [4.69, 9.17) is 9.47 Å². The Kier molecular flexibility index (Phi) is 7.11. The number of benzene rings is 1. The van der Waals surface area contributed by atoms with Crippen LogP contribution in [0.3, 0.4) is 0 Å². The van der Waals surface area contributed by atoms with Crippen molar-refractivity contribution in [1.29, 1.82) is 0 Å². The smallest absolute Gasteiger partial charge is 0.413 e. The lowest BCUT2D eigenvalue weighted by Crippen LogP contribution is -2.42. The molecule has 3 aromatic rings. The molecule has 0 spiro atoms. The van der Waals surface area contributed by atoms with Gasteiger partial charge >= 0.3 is 6.09 Å². The summed E-state index contributed by atoms with van der Waals surface area (Å²) < 4.78 is 26.0. The van der Waals surface area contributed by atoms with Gasteiger partial charge in [0, 0.05) is 30.4 Å². The number of aromatic nitrogens is 3. The van der Waals surface area contributed by atoms with Crippen molar-refractivity contribution in [2.45, 2.75) is 32.9 Å². The van der Waals surface area contributed by atoms with Crippen LogP contribution < -0.4 is 5.32 Å². The predicted octanol–water partition coefficient (Wildman–Crippen LogP) is 3.96.